The van der Waals surface area contributed by atoms with Crippen LogP contribution in [-0.4, -0.2) is 14.7 Å². The molecule has 0 spiro atoms. The summed E-state index contributed by atoms with van der Waals surface area (Å²) in [5, 5.41) is 13.6. The molecule has 1 aromatic heterocycles. The van der Waals surface area contributed by atoms with Gasteiger partial charge in [-0.25, -0.2) is 0 Å². The van der Waals surface area contributed by atoms with E-state index in [2.05, 4.69) is 5.10 Å². The van der Waals surface area contributed by atoms with E-state index < -0.39 is 4.92 Å². The zero-order chi connectivity index (χ0) is 10.3. The van der Waals surface area contributed by atoms with E-state index in [4.69, 9.17) is 0 Å². The van der Waals surface area contributed by atoms with Gasteiger partial charge in [0.05, 0.1) is 15.8 Å². The molecular weight excluding hydrogens is 186 g/mol. The van der Waals surface area contributed by atoms with Crippen molar-refractivity contribution in [1.29, 1.82) is 0 Å². The van der Waals surface area contributed by atoms with Crippen molar-refractivity contribution in [3.63, 3.8) is 0 Å². The van der Waals surface area contributed by atoms with Crippen molar-refractivity contribution in [2.75, 3.05) is 0 Å². The molecule has 6 nitrogen and oxygen atoms in total. The third kappa shape index (κ3) is 1.08. The van der Waals surface area contributed by atoms with Gasteiger partial charge in [-0.2, -0.15) is 0 Å². The summed E-state index contributed by atoms with van der Waals surface area (Å²) in [5.41, 5.74) is 0.265. The average molecular weight is 193 g/mol. The summed E-state index contributed by atoms with van der Waals surface area (Å²) in [5.74, 6) is 0. The molecule has 1 heterocycles. The van der Waals surface area contributed by atoms with E-state index in [0.29, 0.717) is 10.9 Å². The fourth-order valence-corrected chi connectivity index (χ4v) is 1.33. The number of non-ortho nitro benzene ring substituents is 1. The highest BCUT2D eigenvalue weighted by molar-refractivity contribution is 5.80. The van der Waals surface area contributed by atoms with Crippen LogP contribution in [0.1, 0.15) is 0 Å². The Kier molecular flexibility index (Phi) is 1.63. The van der Waals surface area contributed by atoms with Gasteiger partial charge in [-0.05, 0) is 6.07 Å². The van der Waals surface area contributed by atoms with Gasteiger partial charge in [-0.15, -0.1) is 0 Å². The highest BCUT2D eigenvalue weighted by Crippen LogP contribution is 2.16. The monoisotopic (exact) mass is 193 g/mol. The molecule has 6 heteroatoms. The maximum atomic E-state index is 11.4. The SMILES string of the molecule is Cn1[nH]c2ccc([N+](=O)[O-])cc2c1=O. The summed E-state index contributed by atoms with van der Waals surface area (Å²) in [7, 11) is 1.56. The van der Waals surface area contributed by atoms with Gasteiger partial charge in [-0.3, -0.25) is 24.7 Å². The second kappa shape index (κ2) is 2.69. The Morgan fingerprint density at radius 3 is 2.86 bits per heavy atom. The maximum absolute atomic E-state index is 11.4. The van der Waals surface area contributed by atoms with Gasteiger partial charge in [-0.1, -0.05) is 0 Å². The number of nitro groups is 1. The second-order valence-electron chi connectivity index (χ2n) is 2.96. The van der Waals surface area contributed by atoms with E-state index in [1.54, 1.807) is 7.05 Å². The largest absolute Gasteiger partial charge is 0.295 e. The standard InChI is InChI=1S/C8H7N3O3/c1-10-8(12)6-4-5(11(13)14)2-3-7(6)9-10/h2-4,9H,1H3. The lowest BCUT2D eigenvalue weighted by atomic mass is 10.2. The minimum atomic E-state index is -0.522. The van der Waals surface area contributed by atoms with Crippen LogP contribution in [0.15, 0.2) is 23.0 Å². The molecule has 2 aromatic rings. The molecule has 1 aromatic carbocycles. The van der Waals surface area contributed by atoms with E-state index >= 15 is 0 Å². The van der Waals surface area contributed by atoms with E-state index in [9.17, 15) is 14.9 Å². The summed E-state index contributed by atoms with van der Waals surface area (Å²) >= 11 is 0. The Bertz CT molecular complexity index is 567. The third-order valence-corrected chi connectivity index (χ3v) is 2.04. The number of nitrogens with zero attached hydrogens (tertiary/aromatic N) is 2. The van der Waals surface area contributed by atoms with Crippen molar-refractivity contribution in [2.24, 2.45) is 7.05 Å². The molecule has 0 radical (unpaired) electrons. The van der Waals surface area contributed by atoms with Gasteiger partial charge < -0.3 is 0 Å². The number of hydrogen-bond acceptors (Lipinski definition) is 3. The van der Waals surface area contributed by atoms with Gasteiger partial charge in [0.25, 0.3) is 11.2 Å². The molecule has 0 bridgehead atoms. The number of nitrogens with one attached hydrogen (secondary N) is 1. The van der Waals surface area contributed by atoms with Gasteiger partial charge >= 0.3 is 0 Å². The highest BCUT2D eigenvalue weighted by atomic mass is 16.6. The Morgan fingerprint density at radius 1 is 1.50 bits per heavy atom. The summed E-state index contributed by atoms with van der Waals surface area (Å²) in [6.07, 6.45) is 0. The lowest BCUT2D eigenvalue weighted by molar-refractivity contribution is -0.384. The Hall–Kier alpha value is -2.11. The number of aryl methyl sites for hydroxylation is 1. The molecule has 2 rings (SSSR count). The third-order valence-electron chi connectivity index (χ3n) is 2.04. The number of benzene rings is 1. The fourth-order valence-electron chi connectivity index (χ4n) is 1.33. The lowest BCUT2D eigenvalue weighted by Crippen LogP contribution is -2.11. The van der Waals surface area contributed by atoms with Crippen molar-refractivity contribution in [3.8, 4) is 0 Å². The maximum Gasteiger partial charge on any atom is 0.274 e. The fraction of sp³-hybridized carbons (Fsp3) is 0.125. The first-order chi connectivity index (χ1) is 6.59. The molecule has 0 amide bonds. The van der Waals surface area contributed by atoms with E-state index in [0.717, 1.165) is 0 Å². The van der Waals surface area contributed by atoms with E-state index in [1.807, 2.05) is 0 Å². The first-order valence-corrected chi connectivity index (χ1v) is 3.93. The number of hydrogen-bond donors (Lipinski definition) is 1. The van der Waals surface area contributed by atoms with Gasteiger partial charge in [0.2, 0.25) is 0 Å². The number of rotatable bonds is 1. The molecular formula is C8H7N3O3. The van der Waals surface area contributed by atoms with Crippen LogP contribution in [0.5, 0.6) is 0 Å². The minimum Gasteiger partial charge on any atom is -0.295 e. The predicted molar refractivity (Wildman–Crippen MR) is 50.2 cm³/mol. The molecule has 0 atom stereocenters. The smallest absolute Gasteiger partial charge is 0.274 e. The van der Waals surface area contributed by atoms with Crippen molar-refractivity contribution >= 4 is 16.6 Å². The molecule has 0 aliphatic carbocycles. The first kappa shape index (κ1) is 8.49. The van der Waals surface area contributed by atoms with Crippen LogP contribution in [0.2, 0.25) is 0 Å². The molecule has 14 heavy (non-hydrogen) atoms. The van der Waals surface area contributed by atoms with Gasteiger partial charge in [0.1, 0.15) is 0 Å². The Morgan fingerprint density at radius 2 is 2.21 bits per heavy atom. The van der Waals surface area contributed by atoms with Crippen LogP contribution < -0.4 is 5.56 Å². The van der Waals surface area contributed by atoms with Crippen LogP contribution in [0, 0.1) is 10.1 Å². The van der Waals surface area contributed by atoms with E-state index in [-0.39, 0.29) is 11.2 Å². The number of aromatic nitrogens is 2. The summed E-state index contributed by atoms with van der Waals surface area (Å²) in [6.45, 7) is 0. The first-order valence-electron chi connectivity index (χ1n) is 3.93. The molecule has 0 fully saturated rings. The van der Waals surface area contributed by atoms with Crippen molar-refractivity contribution < 1.29 is 4.92 Å². The summed E-state index contributed by atoms with van der Waals surface area (Å²) < 4.78 is 1.29. The Balaban J connectivity index is 2.82. The Labute approximate surface area is 77.9 Å². The van der Waals surface area contributed by atoms with Gasteiger partial charge in [0, 0.05) is 19.2 Å². The zero-order valence-corrected chi connectivity index (χ0v) is 7.35. The molecule has 0 unspecified atom stereocenters. The van der Waals surface area contributed by atoms with Crippen LogP contribution >= 0.6 is 0 Å². The lowest BCUT2D eigenvalue weighted by Gasteiger charge is -1.89. The van der Waals surface area contributed by atoms with Crippen molar-refractivity contribution in [1.82, 2.24) is 9.78 Å². The highest BCUT2D eigenvalue weighted by Gasteiger charge is 2.10. The quantitative estimate of drug-likeness (QED) is 0.536. The zero-order valence-electron chi connectivity index (χ0n) is 7.35. The van der Waals surface area contributed by atoms with Crippen LogP contribution in [0.25, 0.3) is 10.9 Å². The number of H-pyrrole nitrogens is 1. The molecule has 0 saturated carbocycles. The second-order valence-corrected chi connectivity index (χ2v) is 2.96. The molecule has 1 N–H and O–H groups in total. The van der Waals surface area contributed by atoms with Crippen LogP contribution in [-0.2, 0) is 7.05 Å². The molecule has 72 valence electrons. The van der Waals surface area contributed by atoms with Crippen LogP contribution in [0.3, 0.4) is 0 Å². The minimum absolute atomic E-state index is 0.0748. The number of nitro benzene ring substituents is 1. The van der Waals surface area contributed by atoms with Crippen molar-refractivity contribution in [2.45, 2.75) is 0 Å². The average Bonchev–Trinajstić information content (AvgIpc) is 2.43. The predicted octanol–water partition coefficient (Wildman–Crippen LogP) is 0.775. The summed E-state index contributed by atoms with van der Waals surface area (Å²) in [4.78, 5) is 21.3. The molecule has 0 aliphatic rings. The topological polar surface area (TPSA) is 80.9 Å². The number of aromatic amines is 1. The van der Waals surface area contributed by atoms with Gasteiger partial charge in [0.15, 0.2) is 0 Å². The number of fused-ring (bicyclic) bond motifs is 1. The normalized spacial score (nSPS) is 10.6. The molecule has 0 aliphatic heterocycles. The van der Waals surface area contributed by atoms with Crippen LogP contribution in [0.4, 0.5) is 5.69 Å². The molecule has 0 saturated heterocycles. The summed E-state index contributed by atoms with van der Waals surface area (Å²) in [6, 6.07) is 4.15. The van der Waals surface area contributed by atoms with Crippen molar-refractivity contribution in [3.05, 3.63) is 38.7 Å². The van der Waals surface area contributed by atoms with E-state index in [1.165, 1.54) is 22.9 Å².